The van der Waals surface area contributed by atoms with Crippen LogP contribution in [0.15, 0.2) is 30.5 Å². The van der Waals surface area contributed by atoms with Gasteiger partial charge in [0, 0.05) is 42.8 Å². The van der Waals surface area contributed by atoms with Crippen LogP contribution in [0.25, 0.3) is 0 Å². The van der Waals surface area contributed by atoms with E-state index in [-0.39, 0.29) is 5.91 Å². The SMILES string of the molecule is CCCCC(=O)Nc1c(C)cc(N2CCn3cccc3C2)cc1C. The summed E-state index contributed by atoms with van der Waals surface area (Å²) in [6.45, 7) is 9.25. The van der Waals surface area contributed by atoms with Gasteiger partial charge in [0.25, 0.3) is 0 Å². The van der Waals surface area contributed by atoms with Crippen molar-refractivity contribution in [1.82, 2.24) is 4.57 Å². The summed E-state index contributed by atoms with van der Waals surface area (Å²) >= 11 is 0. The van der Waals surface area contributed by atoms with Crippen molar-refractivity contribution in [2.45, 2.75) is 53.1 Å². The van der Waals surface area contributed by atoms with Gasteiger partial charge in [-0.3, -0.25) is 4.79 Å². The number of carbonyl (C=O) groups is 1. The Bertz CT molecular complexity index is 709. The number of benzene rings is 1. The van der Waals surface area contributed by atoms with Crippen LogP contribution >= 0.6 is 0 Å². The number of nitrogens with one attached hydrogen (secondary N) is 1. The third-order valence-electron chi connectivity index (χ3n) is 4.79. The standard InChI is InChI=1S/C20H27N3O/c1-4-5-8-19(24)21-20-15(2)12-18(13-16(20)3)23-11-10-22-9-6-7-17(22)14-23/h6-7,9,12-13H,4-5,8,10-11,14H2,1-3H3,(H,21,24). The van der Waals surface area contributed by atoms with Crippen LogP contribution in [0, 0.1) is 13.8 Å². The van der Waals surface area contributed by atoms with Crippen molar-refractivity contribution >= 4 is 17.3 Å². The molecular weight excluding hydrogens is 298 g/mol. The van der Waals surface area contributed by atoms with Gasteiger partial charge < -0.3 is 14.8 Å². The van der Waals surface area contributed by atoms with Gasteiger partial charge in [0.2, 0.25) is 5.91 Å². The van der Waals surface area contributed by atoms with E-state index >= 15 is 0 Å². The Morgan fingerprint density at radius 3 is 2.67 bits per heavy atom. The summed E-state index contributed by atoms with van der Waals surface area (Å²) in [5, 5.41) is 3.09. The number of unbranched alkanes of at least 4 members (excludes halogenated alkanes) is 1. The van der Waals surface area contributed by atoms with Gasteiger partial charge >= 0.3 is 0 Å². The molecule has 128 valence electrons. The molecule has 2 heterocycles. The number of carbonyl (C=O) groups excluding carboxylic acids is 1. The molecule has 1 aliphatic heterocycles. The van der Waals surface area contributed by atoms with E-state index in [4.69, 9.17) is 0 Å². The Morgan fingerprint density at radius 2 is 1.96 bits per heavy atom. The van der Waals surface area contributed by atoms with Crippen LogP contribution < -0.4 is 10.2 Å². The summed E-state index contributed by atoms with van der Waals surface area (Å²) in [6.07, 6.45) is 4.73. The second-order valence-electron chi connectivity index (χ2n) is 6.72. The number of aryl methyl sites for hydroxylation is 2. The Morgan fingerprint density at radius 1 is 1.21 bits per heavy atom. The summed E-state index contributed by atoms with van der Waals surface area (Å²) in [5.41, 5.74) is 5.84. The van der Waals surface area contributed by atoms with Gasteiger partial charge in [-0.1, -0.05) is 13.3 Å². The van der Waals surface area contributed by atoms with E-state index in [0.717, 1.165) is 49.3 Å². The Balaban J connectivity index is 1.76. The van der Waals surface area contributed by atoms with Crippen molar-refractivity contribution in [3.05, 3.63) is 47.3 Å². The highest BCUT2D eigenvalue weighted by Gasteiger charge is 2.17. The predicted molar refractivity (Wildman–Crippen MR) is 99.6 cm³/mol. The lowest BCUT2D eigenvalue weighted by molar-refractivity contribution is -0.116. The second kappa shape index (κ2) is 7.12. The first kappa shape index (κ1) is 16.6. The van der Waals surface area contributed by atoms with E-state index in [2.05, 4.69) is 66.0 Å². The molecule has 1 aromatic carbocycles. The number of hydrogen-bond donors (Lipinski definition) is 1. The molecule has 1 aromatic heterocycles. The summed E-state index contributed by atoms with van der Waals surface area (Å²) in [5.74, 6) is 0.117. The van der Waals surface area contributed by atoms with Crippen molar-refractivity contribution < 1.29 is 4.79 Å². The molecule has 0 unspecified atom stereocenters. The minimum Gasteiger partial charge on any atom is -0.364 e. The molecule has 0 aliphatic carbocycles. The van der Waals surface area contributed by atoms with Crippen molar-refractivity contribution in [3.8, 4) is 0 Å². The van der Waals surface area contributed by atoms with E-state index < -0.39 is 0 Å². The van der Waals surface area contributed by atoms with E-state index in [9.17, 15) is 4.79 Å². The summed E-state index contributed by atoms with van der Waals surface area (Å²) in [7, 11) is 0. The van der Waals surface area contributed by atoms with Gasteiger partial charge in [-0.05, 0) is 55.7 Å². The molecule has 4 nitrogen and oxygen atoms in total. The van der Waals surface area contributed by atoms with E-state index in [1.807, 2.05) is 0 Å². The van der Waals surface area contributed by atoms with Crippen molar-refractivity contribution in [3.63, 3.8) is 0 Å². The lowest BCUT2D eigenvalue weighted by Gasteiger charge is -2.31. The fourth-order valence-corrected chi connectivity index (χ4v) is 3.39. The van der Waals surface area contributed by atoms with Gasteiger partial charge in [-0.15, -0.1) is 0 Å². The predicted octanol–water partition coefficient (Wildman–Crippen LogP) is 4.25. The molecule has 3 rings (SSSR count). The van der Waals surface area contributed by atoms with Crippen LogP contribution in [-0.4, -0.2) is 17.0 Å². The van der Waals surface area contributed by atoms with Gasteiger partial charge in [0.05, 0.1) is 6.54 Å². The summed E-state index contributed by atoms with van der Waals surface area (Å²) in [6, 6.07) is 8.69. The molecule has 0 fully saturated rings. The normalized spacial score (nSPS) is 13.7. The smallest absolute Gasteiger partial charge is 0.224 e. The van der Waals surface area contributed by atoms with Crippen LogP contribution in [0.4, 0.5) is 11.4 Å². The maximum Gasteiger partial charge on any atom is 0.224 e. The lowest BCUT2D eigenvalue weighted by Crippen LogP contribution is -2.33. The molecule has 4 heteroatoms. The highest BCUT2D eigenvalue weighted by molar-refractivity contribution is 5.92. The zero-order valence-corrected chi connectivity index (χ0v) is 14.9. The topological polar surface area (TPSA) is 37.3 Å². The molecule has 1 aliphatic rings. The first-order valence-corrected chi connectivity index (χ1v) is 8.88. The number of nitrogens with zero attached hydrogens (tertiary/aromatic N) is 2. The average molecular weight is 325 g/mol. The first-order valence-electron chi connectivity index (χ1n) is 8.88. The Kier molecular flexibility index (Phi) is 4.93. The molecule has 0 atom stereocenters. The van der Waals surface area contributed by atoms with Gasteiger partial charge in [0.15, 0.2) is 0 Å². The van der Waals surface area contributed by atoms with Crippen LogP contribution in [-0.2, 0) is 17.9 Å². The average Bonchev–Trinajstić information content (AvgIpc) is 3.03. The van der Waals surface area contributed by atoms with E-state index in [1.54, 1.807) is 0 Å². The highest BCUT2D eigenvalue weighted by atomic mass is 16.1. The maximum absolute atomic E-state index is 12.0. The minimum absolute atomic E-state index is 0.117. The molecule has 1 N–H and O–H groups in total. The van der Waals surface area contributed by atoms with Crippen molar-refractivity contribution in [1.29, 1.82) is 0 Å². The third kappa shape index (κ3) is 3.48. The Labute approximate surface area is 144 Å². The van der Waals surface area contributed by atoms with E-state index in [1.165, 1.54) is 11.4 Å². The number of hydrogen-bond acceptors (Lipinski definition) is 2. The molecular formula is C20H27N3O. The zero-order valence-electron chi connectivity index (χ0n) is 14.9. The summed E-state index contributed by atoms with van der Waals surface area (Å²) in [4.78, 5) is 14.5. The number of aromatic nitrogens is 1. The molecule has 1 amide bonds. The fourth-order valence-electron chi connectivity index (χ4n) is 3.39. The van der Waals surface area contributed by atoms with Crippen LogP contribution in [0.1, 0.15) is 43.0 Å². The molecule has 0 spiro atoms. The largest absolute Gasteiger partial charge is 0.364 e. The number of anilines is 2. The number of rotatable bonds is 5. The number of amides is 1. The van der Waals surface area contributed by atoms with Crippen molar-refractivity contribution in [2.75, 3.05) is 16.8 Å². The molecule has 0 radical (unpaired) electrons. The molecule has 0 saturated heterocycles. The third-order valence-corrected chi connectivity index (χ3v) is 4.79. The minimum atomic E-state index is 0.117. The van der Waals surface area contributed by atoms with Crippen LogP contribution in [0.5, 0.6) is 0 Å². The van der Waals surface area contributed by atoms with E-state index in [0.29, 0.717) is 6.42 Å². The molecule has 0 saturated carbocycles. The first-order chi connectivity index (χ1) is 11.6. The second-order valence-corrected chi connectivity index (χ2v) is 6.72. The summed E-state index contributed by atoms with van der Waals surface area (Å²) < 4.78 is 2.32. The zero-order chi connectivity index (χ0) is 17.1. The molecule has 24 heavy (non-hydrogen) atoms. The quantitative estimate of drug-likeness (QED) is 0.892. The molecule has 2 aromatic rings. The monoisotopic (exact) mass is 325 g/mol. The fraction of sp³-hybridized carbons (Fsp3) is 0.450. The highest BCUT2D eigenvalue weighted by Crippen LogP contribution is 2.29. The van der Waals surface area contributed by atoms with Gasteiger partial charge in [-0.2, -0.15) is 0 Å². The van der Waals surface area contributed by atoms with Crippen LogP contribution in [0.3, 0.4) is 0 Å². The maximum atomic E-state index is 12.0. The lowest BCUT2D eigenvalue weighted by atomic mass is 10.1. The van der Waals surface area contributed by atoms with Gasteiger partial charge in [-0.25, -0.2) is 0 Å². The van der Waals surface area contributed by atoms with Crippen molar-refractivity contribution in [2.24, 2.45) is 0 Å². The van der Waals surface area contributed by atoms with Crippen LogP contribution in [0.2, 0.25) is 0 Å². The number of fused-ring (bicyclic) bond motifs is 1. The Hall–Kier alpha value is -2.23. The molecule has 0 bridgehead atoms. The van der Waals surface area contributed by atoms with Gasteiger partial charge in [0.1, 0.15) is 0 Å².